The number of anilines is 1. The number of piperazine rings is 1. The summed E-state index contributed by atoms with van der Waals surface area (Å²) in [6, 6.07) is 14.4. The van der Waals surface area contributed by atoms with E-state index in [0.717, 1.165) is 42.4 Å². The number of hydrogen-bond acceptors (Lipinski definition) is 5. The normalized spacial score (nSPS) is 19.4. The third kappa shape index (κ3) is 7.02. The molecule has 2 aromatic rings. The number of rotatable bonds is 8. The summed E-state index contributed by atoms with van der Waals surface area (Å²) < 4.78 is 7.28. The molecule has 2 saturated heterocycles. The van der Waals surface area contributed by atoms with Gasteiger partial charge in [-0.3, -0.25) is 9.59 Å². The summed E-state index contributed by atoms with van der Waals surface area (Å²) in [5, 5.41) is 9.20. The van der Waals surface area contributed by atoms with E-state index >= 15 is 0 Å². The average Bonchev–Trinajstić information content (AvgIpc) is 3.81. The molecular weight excluding hydrogens is 600 g/mol. The number of carbonyl (C=O) groups excluding carboxylic acids is 2. The zero-order valence-corrected chi connectivity index (χ0v) is 26.3. The molecule has 0 bridgehead atoms. The predicted octanol–water partition coefficient (Wildman–Crippen LogP) is 5.14. The van der Waals surface area contributed by atoms with Gasteiger partial charge in [-0.1, -0.05) is 28.1 Å². The second-order valence-corrected chi connectivity index (χ2v) is 13.1. The van der Waals surface area contributed by atoms with Crippen molar-refractivity contribution in [1.82, 2.24) is 14.7 Å². The maximum absolute atomic E-state index is 13.9. The molecule has 0 radical (unpaired) electrons. The van der Waals surface area contributed by atoms with Gasteiger partial charge in [0.15, 0.2) is 5.60 Å². The highest BCUT2D eigenvalue weighted by Gasteiger charge is 2.38. The summed E-state index contributed by atoms with van der Waals surface area (Å²) >= 11 is 3.54. The highest BCUT2D eigenvalue weighted by Crippen LogP contribution is 2.34. The summed E-state index contributed by atoms with van der Waals surface area (Å²) in [6.07, 6.45) is 2.99. The van der Waals surface area contributed by atoms with E-state index in [0.29, 0.717) is 51.1 Å². The van der Waals surface area contributed by atoms with Crippen LogP contribution in [0, 0.1) is 12.8 Å². The molecule has 3 aliphatic rings. The highest BCUT2D eigenvalue weighted by molar-refractivity contribution is 9.10. The van der Waals surface area contributed by atoms with Crippen LogP contribution >= 0.6 is 15.9 Å². The molecule has 226 valence electrons. The summed E-state index contributed by atoms with van der Waals surface area (Å²) in [5.41, 5.74) is 2.25. The standard InChI is InChI=1S/C32H41BrN4O5/c1-22-18-25(33)10-9-23(22)21-37(26-11-12-26)29(38)24-6-5-13-36(20-24)27-7-4-8-28(19-27)42-32(2,3)30(39)34-14-16-35(17-15-34)31(40)41/h4,7-10,18-19,24,26H,5-6,11-17,20-21H2,1-3H3,(H,40,41)/t24-/m1/s1. The maximum Gasteiger partial charge on any atom is 0.407 e. The molecular formula is C32H41BrN4O5. The van der Waals surface area contributed by atoms with Crippen molar-refractivity contribution in [3.05, 3.63) is 58.1 Å². The van der Waals surface area contributed by atoms with Crippen molar-refractivity contribution in [2.45, 2.75) is 64.6 Å². The molecule has 1 aliphatic carbocycles. The Morgan fingerprint density at radius 3 is 2.38 bits per heavy atom. The van der Waals surface area contributed by atoms with E-state index in [4.69, 9.17) is 4.74 Å². The van der Waals surface area contributed by atoms with Gasteiger partial charge in [0.25, 0.3) is 5.91 Å². The topological polar surface area (TPSA) is 93.6 Å². The maximum atomic E-state index is 13.9. The van der Waals surface area contributed by atoms with Crippen LogP contribution in [0.5, 0.6) is 5.75 Å². The summed E-state index contributed by atoms with van der Waals surface area (Å²) in [5.74, 6) is 0.602. The minimum Gasteiger partial charge on any atom is -0.478 e. The van der Waals surface area contributed by atoms with Crippen LogP contribution in [-0.4, -0.2) is 88.6 Å². The molecule has 1 saturated carbocycles. The first-order valence-corrected chi connectivity index (χ1v) is 15.7. The van der Waals surface area contributed by atoms with Gasteiger partial charge in [-0.05, 0) is 81.8 Å². The smallest absolute Gasteiger partial charge is 0.407 e. The van der Waals surface area contributed by atoms with Crippen molar-refractivity contribution in [2.24, 2.45) is 5.92 Å². The first-order valence-electron chi connectivity index (χ1n) is 14.9. The lowest BCUT2D eigenvalue weighted by Gasteiger charge is -2.38. The fraction of sp³-hybridized carbons (Fsp3) is 0.531. The largest absolute Gasteiger partial charge is 0.478 e. The molecule has 2 aromatic carbocycles. The van der Waals surface area contributed by atoms with Gasteiger partial charge in [-0.2, -0.15) is 0 Å². The molecule has 9 nitrogen and oxygen atoms in total. The predicted molar refractivity (Wildman–Crippen MR) is 165 cm³/mol. The number of amides is 3. The molecule has 1 N–H and O–H groups in total. The van der Waals surface area contributed by atoms with Gasteiger partial charge in [0, 0.05) is 68.1 Å². The molecule has 1 atom stereocenters. The molecule has 0 spiro atoms. The molecule has 3 amide bonds. The third-order valence-corrected chi connectivity index (χ3v) is 9.09. The van der Waals surface area contributed by atoms with E-state index in [-0.39, 0.29) is 17.7 Å². The van der Waals surface area contributed by atoms with Crippen molar-refractivity contribution < 1.29 is 24.2 Å². The molecule has 42 heavy (non-hydrogen) atoms. The van der Waals surface area contributed by atoms with Crippen LogP contribution in [0.1, 0.15) is 50.7 Å². The Hall–Kier alpha value is -3.27. The van der Waals surface area contributed by atoms with Crippen LogP contribution in [0.25, 0.3) is 0 Å². The van der Waals surface area contributed by atoms with E-state index in [9.17, 15) is 19.5 Å². The molecule has 3 fully saturated rings. The Morgan fingerprint density at radius 1 is 1.00 bits per heavy atom. The van der Waals surface area contributed by atoms with E-state index in [1.165, 1.54) is 16.0 Å². The molecule has 0 aromatic heterocycles. The van der Waals surface area contributed by atoms with Gasteiger partial charge in [-0.15, -0.1) is 0 Å². The van der Waals surface area contributed by atoms with Gasteiger partial charge < -0.3 is 29.4 Å². The summed E-state index contributed by atoms with van der Waals surface area (Å²) in [6.45, 7) is 9.05. The van der Waals surface area contributed by atoms with Crippen molar-refractivity contribution in [3.63, 3.8) is 0 Å². The zero-order chi connectivity index (χ0) is 30.0. The third-order valence-electron chi connectivity index (χ3n) is 8.59. The average molecular weight is 642 g/mol. The summed E-state index contributed by atoms with van der Waals surface area (Å²) in [7, 11) is 0. The van der Waals surface area contributed by atoms with E-state index in [1.807, 2.05) is 30.3 Å². The van der Waals surface area contributed by atoms with Crippen molar-refractivity contribution >= 4 is 39.5 Å². The highest BCUT2D eigenvalue weighted by atomic mass is 79.9. The molecule has 0 unspecified atom stereocenters. The van der Waals surface area contributed by atoms with Gasteiger partial charge in [0.2, 0.25) is 5.91 Å². The van der Waals surface area contributed by atoms with Crippen LogP contribution in [0.4, 0.5) is 10.5 Å². The van der Waals surface area contributed by atoms with Gasteiger partial charge in [0.05, 0.1) is 5.92 Å². The Bertz CT molecular complexity index is 1320. The van der Waals surface area contributed by atoms with E-state index in [2.05, 4.69) is 44.8 Å². The van der Waals surface area contributed by atoms with Crippen molar-refractivity contribution in [1.29, 1.82) is 0 Å². The molecule has 5 rings (SSSR count). The Kier molecular flexibility index (Phi) is 9.01. The molecule has 10 heteroatoms. The monoisotopic (exact) mass is 640 g/mol. The van der Waals surface area contributed by atoms with E-state index < -0.39 is 11.7 Å². The number of carboxylic acid groups (broad SMARTS) is 1. The quantitative estimate of drug-likeness (QED) is 0.429. The van der Waals surface area contributed by atoms with Gasteiger partial charge >= 0.3 is 6.09 Å². The fourth-order valence-electron chi connectivity index (χ4n) is 6.00. The Morgan fingerprint density at radius 2 is 1.71 bits per heavy atom. The van der Waals surface area contributed by atoms with Crippen LogP contribution < -0.4 is 9.64 Å². The van der Waals surface area contributed by atoms with Crippen LogP contribution in [0.2, 0.25) is 0 Å². The number of carbonyl (C=O) groups is 3. The first-order chi connectivity index (χ1) is 20.0. The van der Waals surface area contributed by atoms with Crippen LogP contribution in [-0.2, 0) is 16.1 Å². The number of aryl methyl sites for hydroxylation is 1. The number of benzene rings is 2. The number of halogens is 1. The molecule has 2 heterocycles. The fourth-order valence-corrected chi connectivity index (χ4v) is 6.48. The second kappa shape index (κ2) is 12.5. The van der Waals surface area contributed by atoms with E-state index in [1.54, 1.807) is 18.7 Å². The number of ether oxygens (including phenoxy) is 1. The minimum absolute atomic E-state index is 0.0674. The minimum atomic E-state index is -1.11. The lowest BCUT2D eigenvalue weighted by atomic mass is 9.95. The van der Waals surface area contributed by atoms with Crippen LogP contribution in [0.15, 0.2) is 46.9 Å². The Balaban J connectivity index is 1.23. The number of nitrogens with zero attached hydrogens (tertiary/aromatic N) is 4. The van der Waals surface area contributed by atoms with Gasteiger partial charge in [0.1, 0.15) is 5.75 Å². The Labute approximate surface area is 256 Å². The van der Waals surface area contributed by atoms with Gasteiger partial charge in [-0.25, -0.2) is 4.79 Å². The number of hydrogen-bond donors (Lipinski definition) is 1. The zero-order valence-electron chi connectivity index (χ0n) is 24.7. The molecule has 2 aliphatic heterocycles. The van der Waals surface area contributed by atoms with Crippen LogP contribution in [0.3, 0.4) is 0 Å². The second-order valence-electron chi connectivity index (χ2n) is 12.2. The lowest BCUT2D eigenvalue weighted by molar-refractivity contribution is -0.147. The number of piperidine rings is 1. The lowest BCUT2D eigenvalue weighted by Crippen LogP contribution is -2.56. The SMILES string of the molecule is Cc1cc(Br)ccc1CN(C(=O)[C@@H]1CCCN(c2cccc(OC(C)(C)C(=O)N3CCN(C(=O)O)CC3)c2)C1)C1CC1. The summed E-state index contributed by atoms with van der Waals surface area (Å²) in [4.78, 5) is 45.7. The van der Waals surface area contributed by atoms with Crippen molar-refractivity contribution in [2.75, 3.05) is 44.2 Å². The first kappa shape index (κ1) is 30.2. The van der Waals surface area contributed by atoms with Crippen molar-refractivity contribution in [3.8, 4) is 5.75 Å².